The van der Waals surface area contributed by atoms with Gasteiger partial charge in [0.25, 0.3) is 15.9 Å². The third kappa shape index (κ3) is 5.73. The third-order valence-electron chi connectivity index (χ3n) is 5.45. The van der Waals surface area contributed by atoms with Crippen LogP contribution < -0.4 is 19.5 Å². The molecule has 0 spiro atoms. The van der Waals surface area contributed by atoms with Crippen LogP contribution in [0, 0.1) is 0 Å². The number of fused-ring (bicyclic) bond motifs is 1. The first kappa shape index (κ1) is 24.1. The first-order chi connectivity index (χ1) is 16.9. The fraction of sp³-hybridized carbons (Fsp3) is 0.148. The Labute approximate surface area is 204 Å². The summed E-state index contributed by atoms with van der Waals surface area (Å²) in [6.45, 7) is 1.85. The SMILES string of the molecule is CCC(Oc1cccc(OC)c1)C(=O)Nc1ccc(S(=O)(=O)Nc2cccc3ccccc23)cc1. The summed E-state index contributed by atoms with van der Waals surface area (Å²) in [6.07, 6.45) is -0.275. The van der Waals surface area contributed by atoms with Gasteiger partial charge < -0.3 is 14.8 Å². The second-order valence-corrected chi connectivity index (χ2v) is 9.52. The summed E-state index contributed by atoms with van der Waals surface area (Å²) in [4.78, 5) is 12.8. The van der Waals surface area contributed by atoms with Crippen LogP contribution in [0.5, 0.6) is 11.5 Å². The summed E-state index contributed by atoms with van der Waals surface area (Å²) in [7, 11) is -2.26. The Balaban J connectivity index is 1.45. The number of nitrogens with one attached hydrogen (secondary N) is 2. The average molecular weight is 491 g/mol. The topological polar surface area (TPSA) is 93.7 Å². The Morgan fingerprint density at radius 1 is 0.886 bits per heavy atom. The van der Waals surface area contributed by atoms with Gasteiger partial charge >= 0.3 is 0 Å². The Kier molecular flexibility index (Phi) is 7.22. The lowest BCUT2D eigenvalue weighted by atomic mass is 10.1. The minimum Gasteiger partial charge on any atom is -0.497 e. The number of methoxy groups -OCH3 is 1. The van der Waals surface area contributed by atoms with Crippen LogP contribution in [-0.2, 0) is 14.8 Å². The van der Waals surface area contributed by atoms with E-state index in [2.05, 4.69) is 10.0 Å². The van der Waals surface area contributed by atoms with Gasteiger partial charge in [-0.2, -0.15) is 0 Å². The number of carbonyl (C=O) groups is 1. The molecule has 7 nitrogen and oxygen atoms in total. The summed E-state index contributed by atoms with van der Waals surface area (Å²) < 4.78 is 39.6. The maximum Gasteiger partial charge on any atom is 0.265 e. The van der Waals surface area contributed by atoms with Gasteiger partial charge in [-0.1, -0.05) is 49.4 Å². The highest BCUT2D eigenvalue weighted by molar-refractivity contribution is 7.92. The summed E-state index contributed by atoms with van der Waals surface area (Å²) in [5, 5.41) is 4.53. The van der Waals surface area contributed by atoms with Gasteiger partial charge in [0.05, 0.1) is 17.7 Å². The zero-order valence-electron chi connectivity index (χ0n) is 19.4. The van der Waals surface area contributed by atoms with Gasteiger partial charge in [0.15, 0.2) is 6.10 Å². The fourth-order valence-corrected chi connectivity index (χ4v) is 4.70. The molecule has 0 aromatic heterocycles. The third-order valence-corrected chi connectivity index (χ3v) is 6.83. The summed E-state index contributed by atoms with van der Waals surface area (Å²) in [6, 6.07) is 26.0. The van der Waals surface area contributed by atoms with Gasteiger partial charge in [0, 0.05) is 17.1 Å². The molecule has 1 atom stereocenters. The molecule has 0 saturated carbocycles. The van der Waals surface area contributed by atoms with Crippen LogP contribution in [0.25, 0.3) is 10.8 Å². The van der Waals surface area contributed by atoms with Gasteiger partial charge in [-0.05, 0) is 54.3 Å². The smallest absolute Gasteiger partial charge is 0.265 e. The predicted octanol–water partition coefficient (Wildman–Crippen LogP) is 5.45. The minimum atomic E-state index is -3.82. The number of hydrogen-bond acceptors (Lipinski definition) is 5. The fourth-order valence-electron chi connectivity index (χ4n) is 3.62. The van der Waals surface area contributed by atoms with E-state index in [0.717, 1.165) is 10.8 Å². The van der Waals surface area contributed by atoms with E-state index in [-0.39, 0.29) is 10.8 Å². The normalized spacial score (nSPS) is 12.1. The van der Waals surface area contributed by atoms with E-state index in [1.165, 1.54) is 12.1 Å². The molecule has 0 aliphatic heterocycles. The van der Waals surface area contributed by atoms with Crippen molar-refractivity contribution in [3.05, 3.63) is 91.0 Å². The molecule has 2 N–H and O–H groups in total. The van der Waals surface area contributed by atoms with E-state index in [4.69, 9.17) is 9.47 Å². The number of sulfonamides is 1. The number of amides is 1. The lowest BCUT2D eigenvalue weighted by molar-refractivity contribution is -0.122. The van der Waals surface area contributed by atoms with E-state index in [1.807, 2.05) is 37.3 Å². The highest BCUT2D eigenvalue weighted by Gasteiger charge is 2.20. The zero-order valence-corrected chi connectivity index (χ0v) is 20.2. The molecule has 8 heteroatoms. The minimum absolute atomic E-state index is 0.0862. The molecule has 35 heavy (non-hydrogen) atoms. The molecule has 4 aromatic carbocycles. The standard InChI is InChI=1S/C27H26N2O5S/c1-3-26(34-22-11-7-10-21(18-22)33-2)27(30)28-20-14-16-23(17-15-20)35(31,32)29-25-13-6-9-19-8-4-5-12-24(19)25/h4-18,26,29H,3H2,1-2H3,(H,28,30). The van der Waals surface area contributed by atoms with Gasteiger partial charge in [0.1, 0.15) is 11.5 Å². The summed E-state index contributed by atoms with van der Waals surface area (Å²) in [5.41, 5.74) is 0.966. The van der Waals surface area contributed by atoms with Crippen molar-refractivity contribution in [2.45, 2.75) is 24.3 Å². The van der Waals surface area contributed by atoms with E-state index in [9.17, 15) is 13.2 Å². The second-order valence-electron chi connectivity index (χ2n) is 7.84. The largest absolute Gasteiger partial charge is 0.497 e. The van der Waals surface area contributed by atoms with E-state index < -0.39 is 16.1 Å². The number of hydrogen-bond donors (Lipinski definition) is 2. The molecule has 0 saturated heterocycles. The maximum absolute atomic E-state index is 13.0. The maximum atomic E-state index is 13.0. The lowest BCUT2D eigenvalue weighted by Crippen LogP contribution is -2.32. The predicted molar refractivity (Wildman–Crippen MR) is 138 cm³/mol. The van der Waals surface area contributed by atoms with Crippen LogP contribution >= 0.6 is 0 Å². The van der Waals surface area contributed by atoms with Crippen molar-refractivity contribution in [2.75, 3.05) is 17.1 Å². The zero-order chi connectivity index (χ0) is 24.8. The van der Waals surface area contributed by atoms with Gasteiger partial charge in [-0.25, -0.2) is 8.42 Å². The van der Waals surface area contributed by atoms with Crippen molar-refractivity contribution >= 4 is 38.1 Å². The second kappa shape index (κ2) is 10.5. The van der Waals surface area contributed by atoms with Crippen LogP contribution in [-0.4, -0.2) is 27.5 Å². The number of ether oxygens (including phenoxy) is 2. The highest BCUT2D eigenvalue weighted by Crippen LogP contribution is 2.26. The monoisotopic (exact) mass is 490 g/mol. The van der Waals surface area contributed by atoms with Gasteiger partial charge in [-0.3, -0.25) is 9.52 Å². The molecule has 0 radical (unpaired) electrons. The van der Waals surface area contributed by atoms with Gasteiger partial charge in [0.2, 0.25) is 0 Å². The van der Waals surface area contributed by atoms with E-state index in [1.54, 1.807) is 55.6 Å². The lowest BCUT2D eigenvalue weighted by Gasteiger charge is -2.18. The van der Waals surface area contributed by atoms with Crippen LogP contribution in [0.15, 0.2) is 95.9 Å². The molecule has 0 heterocycles. The summed E-state index contributed by atoms with van der Waals surface area (Å²) in [5.74, 6) is 0.818. The summed E-state index contributed by atoms with van der Waals surface area (Å²) >= 11 is 0. The van der Waals surface area contributed by atoms with Crippen LogP contribution in [0.3, 0.4) is 0 Å². The van der Waals surface area contributed by atoms with Crippen molar-refractivity contribution in [2.24, 2.45) is 0 Å². The first-order valence-electron chi connectivity index (χ1n) is 11.1. The molecule has 0 bridgehead atoms. The number of carbonyl (C=O) groups excluding carboxylic acids is 1. The molecular formula is C27H26N2O5S. The molecule has 1 unspecified atom stereocenters. The van der Waals surface area contributed by atoms with Gasteiger partial charge in [-0.15, -0.1) is 0 Å². The Bertz CT molecular complexity index is 1430. The Morgan fingerprint density at radius 3 is 2.31 bits per heavy atom. The van der Waals surface area contributed by atoms with E-state index >= 15 is 0 Å². The molecule has 0 fully saturated rings. The van der Waals surface area contributed by atoms with Crippen molar-refractivity contribution in [1.82, 2.24) is 0 Å². The van der Waals surface area contributed by atoms with E-state index in [0.29, 0.717) is 29.3 Å². The van der Waals surface area contributed by atoms with Crippen molar-refractivity contribution in [3.63, 3.8) is 0 Å². The van der Waals surface area contributed by atoms with Crippen LogP contribution in [0.1, 0.15) is 13.3 Å². The highest BCUT2D eigenvalue weighted by atomic mass is 32.2. The molecule has 0 aliphatic carbocycles. The molecule has 1 amide bonds. The quantitative estimate of drug-likeness (QED) is 0.326. The number of rotatable bonds is 9. The Hall–Kier alpha value is -4.04. The van der Waals surface area contributed by atoms with Crippen molar-refractivity contribution in [3.8, 4) is 11.5 Å². The van der Waals surface area contributed by atoms with Crippen LogP contribution in [0.4, 0.5) is 11.4 Å². The molecule has 4 rings (SSSR count). The Morgan fingerprint density at radius 2 is 1.57 bits per heavy atom. The molecule has 180 valence electrons. The first-order valence-corrected chi connectivity index (χ1v) is 12.6. The molecule has 0 aliphatic rings. The number of anilines is 2. The van der Waals surface area contributed by atoms with Crippen LogP contribution in [0.2, 0.25) is 0 Å². The molecule has 4 aromatic rings. The molecular weight excluding hydrogens is 464 g/mol. The van der Waals surface area contributed by atoms with Crippen molar-refractivity contribution in [1.29, 1.82) is 0 Å². The average Bonchev–Trinajstić information content (AvgIpc) is 2.87. The number of benzene rings is 4. The van der Waals surface area contributed by atoms with Crippen molar-refractivity contribution < 1.29 is 22.7 Å².